The maximum atomic E-state index is 12.2. The number of carbonyl (C=O) groups excluding carboxylic acids is 1. The second kappa shape index (κ2) is 6.39. The summed E-state index contributed by atoms with van der Waals surface area (Å²) < 4.78 is 0. The Hall–Kier alpha value is -1.69. The summed E-state index contributed by atoms with van der Waals surface area (Å²) in [7, 11) is 0. The van der Waals surface area contributed by atoms with Crippen LogP contribution in [-0.2, 0) is 0 Å². The lowest BCUT2D eigenvalue weighted by Crippen LogP contribution is -2.26. The number of nitrogen functional groups attached to an aromatic ring is 1. The summed E-state index contributed by atoms with van der Waals surface area (Å²) >= 11 is 1.31. The van der Waals surface area contributed by atoms with Gasteiger partial charge in [0.25, 0.3) is 5.91 Å². The first-order valence-electron chi connectivity index (χ1n) is 7.53. The Labute approximate surface area is 127 Å². The third kappa shape index (κ3) is 3.15. The van der Waals surface area contributed by atoms with Gasteiger partial charge in [-0.05, 0) is 18.4 Å². The van der Waals surface area contributed by atoms with E-state index < -0.39 is 0 Å². The highest BCUT2D eigenvalue weighted by atomic mass is 32.1. The molecule has 3 rings (SSSR count). The number of nitrogens with one attached hydrogen (secondary N) is 1. The molecular formula is C15H20N4OS. The molecule has 0 aliphatic heterocycles. The Morgan fingerprint density at radius 2 is 2.19 bits per heavy atom. The molecule has 112 valence electrons. The zero-order valence-electron chi connectivity index (χ0n) is 12.0. The summed E-state index contributed by atoms with van der Waals surface area (Å²) in [5.41, 5.74) is 6.55. The third-order valence-electron chi connectivity index (χ3n) is 4.19. The van der Waals surface area contributed by atoms with Crippen molar-refractivity contribution in [2.45, 2.75) is 38.5 Å². The topological polar surface area (TPSA) is 80.9 Å². The van der Waals surface area contributed by atoms with Crippen LogP contribution in [0, 0.1) is 5.92 Å². The molecule has 2 heterocycles. The molecule has 1 aliphatic carbocycles. The molecule has 0 unspecified atom stereocenters. The number of anilines is 1. The first-order chi connectivity index (χ1) is 10.3. The van der Waals surface area contributed by atoms with E-state index in [-0.39, 0.29) is 5.91 Å². The molecule has 21 heavy (non-hydrogen) atoms. The molecule has 1 aliphatic rings. The Kier molecular flexibility index (Phi) is 4.34. The second-order valence-electron chi connectivity index (χ2n) is 5.64. The summed E-state index contributed by atoms with van der Waals surface area (Å²) in [5, 5.41) is 11.6. The fraction of sp³-hybridized carbons (Fsp3) is 0.533. The lowest BCUT2D eigenvalue weighted by molar-refractivity contribution is 0.0955. The molecule has 1 fully saturated rings. The number of amides is 1. The van der Waals surface area contributed by atoms with Gasteiger partial charge in [-0.25, -0.2) is 0 Å². The van der Waals surface area contributed by atoms with Crippen molar-refractivity contribution >= 4 is 33.1 Å². The molecule has 1 amide bonds. The zero-order chi connectivity index (χ0) is 14.7. The Morgan fingerprint density at radius 1 is 1.38 bits per heavy atom. The molecule has 0 saturated heterocycles. The van der Waals surface area contributed by atoms with Crippen LogP contribution in [0.15, 0.2) is 12.3 Å². The lowest BCUT2D eigenvalue weighted by Gasteiger charge is -2.21. The molecule has 0 aromatic carbocycles. The van der Waals surface area contributed by atoms with Gasteiger partial charge in [0.1, 0.15) is 9.71 Å². The molecule has 6 heteroatoms. The van der Waals surface area contributed by atoms with E-state index in [4.69, 9.17) is 5.73 Å². The molecule has 0 radical (unpaired) electrons. The van der Waals surface area contributed by atoms with Crippen molar-refractivity contribution in [3.05, 3.63) is 17.1 Å². The summed E-state index contributed by atoms with van der Waals surface area (Å²) in [6.45, 7) is 0.725. The first-order valence-corrected chi connectivity index (χ1v) is 8.35. The predicted molar refractivity (Wildman–Crippen MR) is 85.4 cm³/mol. The summed E-state index contributed by atoms with van der Waals surface area (Å²) in [5.74, 6) is 0.677. The molecule has 5 nitrogen and oxygen atoms in total. The van der Waals surface area contributed by atoms with Crippen molar-refractivity contribution in [3.63, 3.8) is 0 Å². The number of nitrogens with two attached hydrogens (primary N) is 1. The van der Waals surface area contributed by atoms with E-state index in [0.717, 1.165) is 24.3 Å². The van der Waals surface area contributed by atoms with E-state index in [1.54, 1.807) is 12.3 Å². The Balaban J connectivity index is 1.60. The molecular weight excluding hydrogens is 284 g/mol. The van der Waals surface area contributed by atoms with Crippen LogP contribution in [0.1, 0.15) is 48.2 Å². The standard InChI is InChI=1S/C15H20N4OS/c16-12-11-7-9-18-19-15(11)21-13(12)14(20)17-8-6-10-4-2-1-3-5-10/h7,9-10H,1-6,8,16H2,(H,17,20). The number of aromatic nitrogens is 2. The molecule has 2 aromatic rings. The number of hydrogen-bond acceptors (Lipinski definition) is 5. The maximum absolute atomic E-state index is 12.2. The number of fused-ring (bicyclic) bond motifs is 1. The largest absolute Gasteiger partial charge is 0.397 e. The van der Waals surface area contributed by atoms with Gasteiger partial charge in [-0.3, -0.25) is 4.79 Å². The van der Waals surface area contributed by atoms with Crippen LogP contribution in [0.3, 0.4) is 0 Å². The molecule has 2 aromatic heterocycles. The minimum atomic E-state index is -0.0914. The van der Waals surface area contributed by atoms with Crippen molar-refractivity contribution in [2.24, 2.45) is 5.92 Å². The minimum Gasteiger partial charge on any atom is -0.397 e. The summed E-state index contributed by atoms with van der Waals surface area (Å²) in [4.78, 5) is 13.5. The van der Waals surface area contributed by atoms with Crippen LogP contribution in [-0.4, -0.2) is 22.6 Å². The van der Waals surface area contributed by atoms with E-state index in [1.165, 1.54) is 43.4 Å². The van der Waals surface area contributed by atoms with E-state index in [9.17, 15) is 4.79 Å². The third-order valence-corrected chi connectivity index (χ3v) is 5.29. The second-order valence-corrected chi connectivity index (χ2v) is 6.64. The van der Waals surface area contributed by atoms with Crippen LogP contribution >= 0.6 is 11.3 Å². The van der Waals surface area contributed by atoms with Gasteiger partial charge in [0, 0.05) is 11.9 Å². The smallest absolute Gasteiger partial charge is 0.263 e. The maximum Gasteiger partial charge on any atom is 0.263 e. The monoisotopic (exact) mass is 304 g/mol. The summed E-state index contributed by atoms with van der Waals surface area (Å²) in [6.07, 6.45) is 9.29. The zero-order valence-corrected chi connectivity index (χ0v) is 12.8. The van der Waals surface area contributed by atoms with Crippen LogP contribution in [0.4, 0.5) is 5.69 Å². The number of nitrogens with zero attached hydrogens (tertiary/aromatic N) is 2. The quantitative estimate of drug-likeness (QED) is 0.910. The van der Waals surface area contributed by atoms with Crippen molar-refractivity contribution in [2.75, 3.05) is 12.3 Å². The highest BCUT2D eigenvalue weighted by Crippen LogP contribution is 2.31. The summed E-state index contributed by atoms with van der Waals surface area (Å²) in [6, 6.07) is 1.80. The van der Waals surface area contributed by atoms with Crippen LogP contribution in [0.2, 0.25) is 0 Å². The Bertz CT molecular complexity index is 634. The van der Waals surface area contributed by atoms with Crippen molar-refractivity contribution in [1.29, 1.82) is 0 Å². The minimum absolute atomic E-state index is 0.0914. The highest BCUT2D eigenvalue weighted by Gasteiger charge is 2.18. The van der Waals surface area contributed by atoms with E-state index >= 15 is 0 Å². The van der Waals surface area contributed by atoms with E-state index in [2.05, 4.69) is 15.5 Å². The Morgan fingerprint density at radius 3 is 2.95 bits per heavy atom. The van der Waals surface area contributed by atoms with Crippen LogP contribution in [0.25, 0.3) is 10.2 Å². The molecule has 0 bridgehead atoms. The van der Waals surface area contributed by atoms with Gasteiger partial charge < -0.3 is 11.1 Å². The van der Waals surface area contributed by atoms with Crippen molar-refractivity contribution in [1.82, 2.24) is 15.5 Å². The average Bonchev–Trinajstić information content (AvgIpc) is 2.86. The van der Waals surface area contributed by atoms with Crippen LogP contribution in [0.5, 0.6) is 0 Å². The van der Waals surface area contributed by atoms with Gasteiger partial charge in [-0.1, -0.05) is 32.1 Å². The SMILES string of the molecule is Nc1c(C(=O)NCCC2CCCCC2)sc2nnccc12. The van der Waals surface area contributed by atoms with Crippen LogP contribution < -0.4 is 11.1 Å². The first kappa shape index (κ1) is 14.3. The number of thiophene rings is 1. The van der Waals surface area contributed by atoms with Gasteiger partial charge in [0.05, 0.1) is 11.9 Å². The predicted octanol–water partition coefficient (Wildman–Crippen LogP) is 2.97. The van der Waals surface area contributed by atoms with E-state index in [0.29, 0.717) is 15.4 Å². The fourth-order valence-corrected chi connectivity index (χ4v) is 3.94. The molecule has 0 atom stereocenters. The van der Waals surface area contributed by atoms with Gasteiger partial charge in [0.2, 0.25) is 0 Å². The van der Waals surface area contributed by atoms with Gasteiger partial charge >= 0.3 is 0 Å². The number of carbonyl (C=O) groups is 1. The van der Waals surface area contributed by atoms with Gasteiger partial charge in [0.15, 0.2) is 0 Å². The lowest BCUT2D eigenvalue weighted by atomic mass is 9.87. The van der Waals surface area contributed by atoms with Crippen molar-refractivity contribution < 1.29 is 4.79 Å². The molecule has 3 N–H and O–H groups in total. The highest BCUT2D eigenvalue weighted by molar-refractivity contribution is 7.21. The molecule has 0 spiro atoms. The van der Waals surface area contributed by atoms with Gasteiger partial charge in [-0.2, -0.15) is 5.10 Å². The van der Waals surface area contributed by atoms with E-state index in [1.807, 2.05) is 0 Å². The number of rotatable bonds is 4. The van der Waals surface area contributed by atoms with Gasteiger partial charge in [-0.15, -0.1) is 16.4 Å². The van der Waals surface area contributed by atoms with Crippen molar-refractivity contribution in [3.8, 4) is 0 Å². The number of hydrogen-bond donors (Lipinski definition) is 2. The normalized spacial score (nSPS) is 16.2. The average molecular weight is 304 g/mol. The fourth-order valence-electron chi connectivity index (χ4n) is 2.99. The molecule has 1 saturated carbocycles.